The molecule has 1 aliphatic rings. The van der Waals surface area contributed by atoms with E-state index in [0.29, 0.717) is 5.92 Å². The number of rotatable bonds is 2. The van der Waals surface area contributed by atoms with E-state index in [0.717, 1.165) is 11.6 Å². The number of nitrogens with two attached hydrogens (primary N) is 1. The monoisotopic (exact) mass is 225 g/mol. The zero-order valence-electron chi connectivity index (χ0n) is 9.44. The number of hydrogen-bond acceptors (Lipinski definition) is 4. The SMILES string of the molecule is Cc1nnsc1C(N)C1CCC(C)CC1. The van der Waals surface area contributed by atoms with E-state index in [9.17, 15) is 0 Å². The molecule has 0 amide bonds. The summed E-state index contributed by atoms with van der Waals surface area (Å²) in [6, 6.07) is 0.164. The third kappa shape index (κ3) is 2.37. The summed E-state index contributed by atoms with van der Waals surface area (Å²) < 4.78 is 3.96. The average Bonchev–Trinajstić information content (AvgIpc) is 2.65. The van der Waals surface area contributed by atoms with Crippen molar-refractivity contribution in [3.8, 4) is 0 Å². The Kier molecular flexibility index (Phi) is 3.36. The van der Waals surface area contributed by atoms with Crippen molar-refractivity contribution in [2.75, 3.05) is 0 Å². The summed E-state index contributed by atoms with van der Waals surface area (Å²) in [6.45, 7) is 4.34. The molecule has 1 atom stereocenters. The second-order valence-corrected chi connectivity index (χ2v) is 5.55. The normalized spacial score (nSPS) is 29.0. The molecule has 2 rings (SSSR count). The van der Waals surface area contributed by atoms with Crippen molar-refractivity contribution in [1.82, 2.24) is 9.59 Å². The van der Waals surface area contributed by atoms with Gasteiger partial charge in [-0.15, -0.1) is 5.10 Å². The van der Waals surface area contributed by atoms with Crippen molar-refractivity contribution >= 4 is 11.5 Å². The Morgan fingerprint density at radius 1 is 1.33 bits per heavy atom. The van der Waals surface area contributed by atoms with Crippen molar-refractivity contribution in [3.05, 3.63) is 10.6 Å². The lowest BCUT2D eigenvalue weighted by atomic mass is 9.79. The Labute approximate surface area is 95.2 Å². The molecule has 0 aliphatic heterocycles. The quantitative estimate of drug-likeness (QED) is 0.842. The summed E-state index contributed by atoms with van der Waals surface area (Å²) in [5, 5.41) is 4.04. The van der Waals surface area contributed by atoms with E-state index >= 15 is 0 Å². The van der Waals surface area contributed by atoms with Crippen molar-refractivity contribution in [2.45, 2.75) is 45.6 Å². The Bertz CT molecular complexity index is 315. The highest BCUT2D eigenvalue weighted by Gasteiger charge is 2.26. The lowest BCUT2D eigenvalue weighted by Gasteiger charge is -2.30. The summed E-state index contributed by atoms with van der Waals surface area (Å²) in [5.74, 6) is 1.52. The minimum absolute atomic E-state index is 0.164. The largest absolute Gasteiger partial charge is 0.323 e. The second-order valence-electron chi connectivity index (χ2n) is 4.77. The first-order valence-electron chi connectivity index (χ1n) is 5.73. The highest BCUT2D eigenvalue weighted by Crippen LogP contribution is 2.36. The minimum Gasteiger partial charge on any atom is -0.323 e. The lowest BCUT2D eigenvalue weighted by molar-refractivity contribution is 0.257. The fourth-order valence-electron chi connectivity index (χ4n) is 2.40. The molecule has 1 aromatic heterocycles. The van der Waals surface area contributed by atoms with Crippen LogP contribution in [0.25, 0.3) is 0 Å². The van der Waals surface area contributed by atoms with Gasteiger partial charge in [0.2, 0.25) is 0 Å². The van der Waals surface area contributed by atoms with Crippen molar-refractivity contribution in [3.63, 3.8) is 0 Å². The van der Waals surface area contributed by atoms with Crippen LogP contribution in [0.1, 0.15) is 49.2 Å². The van der Waals surface area contributed by atoms with Gasteiger partial charge in [0.15, 0.2) is 0 Å². The molecule has 3 nitrogen and oxygen atoms in total. The summed E-state index contributed by atoms with van der Waals surface area (Å²) in [7, 11) is 0. The Morgan fingerprint density at radius 3 is 2.53 bits per heavy atom. The van der Waals surface area contributed by atoms with E-state index in [2.05, 4.69) is 16.5 Å². The predicted octanol–water partition coefficient (Wildman–Crippen LogP) is 2.67. The molecule has 4 heteroatoms. The standard InChI is InChI=1S/C11H19N3S/c1-7-3-5-9(6-4-7)10(12)11-8(2)13-14-15-11/h7,9-10H,3-6,12H2,1-2H3. The number of hydrogen-bond donors (Lipinski definition) is 1. The first kappa shape index (κ1) is 11.0. The maximum Gasteiger partial charge on any atom is 0.0772 e. The van der Waals surface area contributed by atoms with E-state index in [1.54, 1.807) is 0 Å². The van der Waals surface area contributed by atoms with Gasteiger partial charge in [-0.1, -0.05) is 24.3 Å². The first-order valence-corrected chi connectivity index (χ1v) is 6.50. The topological polar surface area (TPSA) is 51.8 Å². The van der Waals surface area contributed by atoms with Gasteiger partial charge in [-0.3, -0.25) is 0 Å². The van der Waals surface area contributed by atoms with Crippen LogP contribution in [0.3, 0.4) is 0 Å². The van der Waals surface area contributed by atoms with Gasteiger partial charge in [-0.25, -0.2) is 0 Å². The van der Waals surface area contributed by atoms with Crippen molar-refractivity contribution in [1.29, 1.82) is 0 Å². The molecule has 1 heterocycles. The van der Waals surface area contributed by atoms with E-state index in [4.69, 9.17) is 5.73 Å². The van der Waals surface area contributed by atoms with Crippen LogP contribution in [-0.2, 0) is 0 Å². The number of nitrogens with zero attached hydrogens (tertiary/aromatic N) is 2. The summed E-state index contributed by atoms with van der Waals surface area (Å²) in [6.07, 6.45) is 5.17. The molecule has 0 saturated heterocycles. The lowest BCUT2D eigenvalue weighted by Crippen LogP contribution is -2.25. The van der Waals surface area contributed by atoms with Gasteiger partial charge in [-0.05, 0) is 43.1 Å². The van der Waals surface area contributed by atoms with Gasteiger partial charge in [0, 0.05) is 6.04 Å². The zero-order chi connectivity index (χ0) is 10.8. The van der Waals surface area contributed by atoms with Crippen molar-refractivity contribution in [2.24, 2.45) is 17.6 Å². The molecule has 0 aromatic carbocycles. The predicted molar refractivity (Wildman–Crippen MR) is 62.7 cm³/mol. The fourth-order valence-corrected chi connectivity index (χ4v) is 3.14. The van der Waals surface area contributed by atoms with Crippen LogP contribution in [0.4, 0.5) is 0 Å². The molecule has 15 heavy (non-hydrogen) atoms. The van der Waals surface area contributed by atoms with E-state index in [-0.39, 0.29) is 6.04 Å². The maximum absolute atomic E-state index is 6.29. The van der Waals surface area contributed by atoms with Crippen LogP contribution in [0.2, 0.25) is 0 Å². The molecule has 1 saturated carbocycles. The van der Waals surface area contributed by atoms with E-state index in [1.165, 1.54) is 42.1 Å². The van der Waals surface area contributed by atoms with Gasteiger partial charge < -0.3 is 5.73 Å². The third-order valence-electron chi connectivity index (χ3n) is 3.56. The highest BCUT2D eigenvalue weighted by molar-refractivity contribution is 7.05. The number of aryl methyl sites for hydroxylation is 1. The molecule has 0 spiro atoms. The highest BCUT2D eigenvalue weighted by atomic mass is 32.1. The van der Waals surface area contributed by atoms with E-state index < -0.39 is 0 Å². The maximum atomic E-state index is 6.29. The second kappa shape index (κ2) is 4.58. The fraction of sp³-hybridized carbons (Fsp3) is 0.818. The molecule has 1 fully saturated rings. The van der Waals surface area contributed by atoms with Crippen LogP contribution in [0.5, 0.6) is 0 Å². The van der Waals surface area contributed by atoms with Crippen LogP contribution in [0, 0.1) is 18.8 Å². The molecule has 2 N–H and O–H groups in total. The molecule has 0 bridgehead atoms. The van der Waals surface area contributed by atoms with Gasteiger partial charge in [0.25, 0.3) is 0 Å². The van der Waals surface area contributed by atoms with Gasteiger partial charge in [0.1, 0.15) is 0 Å². The van der Waals surface area contributed by atoms with Crippen LogP contribution in [0.15, 0.2) is 0 Å². The molecule has 1 unspecified atom stereocenters. The first-order chi connectivity index (χ1) is 7.18. The Balaban J connectivity index is 2.02. The Morgan fingerprint density at radius 2 is 2.00 bits per heavy atom. The zero-order valence-corrected chi connectivity index (χ0v) is 10.3. The molecular formula is C11H19N3S. The number of aromatic nitrogens is 2. The molecule has 0 radical (unpaired) electrons. The van der Waals surface area contributed by atoms with Gasteiger partial charge >= 0.3 is 0 Å². The van der Waals surface area contributed by atoms with Crippen LogP contribution < -0.4 is 5.73 Å². The molecule has 1 aromatic rings. The van der Waals surface area contributed by atoms with Crippen molar-refractivity contribution < 1.29 is 0 Å². The molecule has 1 aliphatic carbocycles. The summed E-state index contributed by atoms with van der Waals surface area (Å²) in [4.78, 5) is 1.19. The summed E-state index contributed by atoms with van der Waals surface area (Å²) >= 11 is 1.47. The third-order valence-corrected chi connectivity index (χ3v) is 4.49. The van der Waals surface area contributed by atoms with Gasteiger partial charge in [-0.2, -0.15) is 0 Å². The summed E-state index contributed by atoms with van der Waals surface area (Å²) in [5.41, 5.74) is 7.31. The average molecular weight is 225 g/mol. The van der Waals surface area contributed by atoms with E-state index in [1.807, 2.05) is 6.92 Å². The van der Waals surface area contributed by atoms with Crippen LogP contribution >= 0.6 is 11.5 Å². The van der Waals surface area contributed by atoms with Crippen LogP contribution in [-0.4, -0.2) is 9.59 Å². The smallest absolute Gasteiger partial charge is 0.0772 e. The van der Waals surface area contributed by atoms with Gasteiger partial charge in [0.05, 0.1) is 10.6 Å². The molecular weight excluding hydrogens is 206 g/mol. The minimum atomic E-state index is 0.164. The molecule has 84 valence electrons. The Hall–Kier alpha value is -0.480.